The molecule has 6 rings (SSSR count). The first-order valence-electron chi connectivity index (χ1n) is 14.6. The van der Waals surface area contributed by atoms with Crippen LogP contribution in [0.4, 0.5) is 0 Å². The van der Waals surface area contributed by atoms with Crippen molar-refractivity contribution in [1.29, 1.82) is 0 Å². The molecule has 8 heteroatoms. The van der Waals surface area contributed by atoms with Crippen LogP contribution in [0, 0.1) is 34.0 Å². The smallest absolute Gasteiger partial charge is 0.293 e. The van der Waals surface area contributed by atoms with Crippen LogP contribution < -0.4 is 21.1 Å². The third kappa shape index (κ3) is 3.21. The molecule has 5 aliphatic carbocycles. The number of guanidine groups is 1. The van der Waals surface area contributed by atoms with Gasteiger partial charge in [0.25, 0.3) is 5.96 Å². The first-order chi connectivity index (χ1) is 17.7. The summed E-state index contributed by atoms with van der Waals surface area (Å²) in [6.45, 7) is 2.51. The van der Waals surface area contributed by atoms with E-state index in [1.165, 1.54) is 4.90 Å². The summed E-state index contributed by atoms with van der Waals surface area (Å²) >= 11 is 0. The number of allylic oxidation sites excluding steroid dienone is 1. The molecule has 0 aromatic carbocycles. The summed E-state index contributed by atoms with van der Waals surface area (Å²) in [5, 5.41) is 28.6. The molecule has 0 radical (unpaired) electrons. The minimum atomic E-state index is -1.95. The van der Waals surface area contributed by atoms with Gasteiger partial charge in [0.2, 0.25) is 0 Å². The molecule has 0 amide bonds. The van der Waals surface area contributed by atoms with E-state index in [1.807, 2.05) is 7.05 Å². The van der Waals surface area contributed by atoms with E-state index < -0.39 is 17.0 Å². The maximum atomic E-state index is 14.1. The van der Waals surface area contributed by atoms with Crippen molar-refractivity contribution < 1.29 is 24.7 Å². The van der Waals surface area contributed by atoms with Crippen molar-refractivity contribution in [3.8, 4) is 0 Å². The van der Waals surface area contributed by atoms with Gasteiger partial charge in [0.1, 0.15) is 0 Å². The number of nitrogens with zero attached hydrogens (tertiary/aromatic N) is 1. The van der Waals surface area contributed by atoms with Crippen LogP contribution in [0.1, 0.15) is 77.0 Å². The molecule has 1 aliphatic heterocycles. The van der Waals surface area contributed by atoms with Gasteiger partial charge in [-0.1, -0.05) is 18.4 Å². The molecule has 8 nitrogen and oxygen atoms in total. The number of rotatable bonds is 3. The quantitative estimate of drug-likeness (QED) is 0.310. The molecule has 4 saturated carbocycles. The lowest BCUT2D eigenvalue weighted by Gasteiger charge is -2.61. The minimum Gasteiger partial charge on any atom is -0.545 e. The van der Waals surface area contributed by atoms with Gasteiger partial charge in [-0.05, 0) is 88.1 Å². The van der Waals surface area contributed by atoms with Gasteiger partial charge in [0, 0.05) is 36.3 Å². The largest absolute Gasteiger partial charge is 0.545 e. The van der Waals surface area contributed by atoms with Crippen molar-refractivity contribution >= 4 is 17.7 Å². The fraction of sp³-hybridized carbons (Fsp3) is 0.828. The highest BCUT2D eigenvalue weighted by Crippen LogP contribution is 2.78. The lowest BCUT2D eigenvalue weighted by molar-refractivity contribution is -0.828. The number of carboxylic acids is 1. The highest BCUT2D eigenvalue weighted by atomic mass is 16.4. The van der Waals surface area contributed by atoms with Crippen LogP contribution in [-0.4, -0.2) is 62.1 Å². The van der Waals surface area contributed by atoms with Crippen LogP contribution in [-0.2, 0) is 9.59 Å². The molecular weight excluding hydrogens is 468 g/mol. The summed E-state index contributed by atoms with van der Waals surface area (Å²) in [4.78, 5) is 32.4. The number of ketones is 1. The number of nitrogens with one attached hydrogen (secondary N) is 2. The minimum absolute atomic E-state index is 0.0613. The first-order valence-corrected chi connectivity index (χ1v) is 14.6. The van der Waals surface area contributed by atoms with Crippen molar-refractivity contribution in [3.63, 3.8) is 0 Å². The third-order valence-electron chi connectivity index (χ3n) is 12.3. The summed E-state index contributed by atoms with van der Waals surface area (Å²) in [7, 11) is 3.73. The Hall–Kier alpha value is -1.77. The molecule has 6 aliphatic rings. The molecule has 3 bridgehead atoms. The van der Waals surface area contributed by atoms with E-state index in [2.05, 4.69) is 10.3 Å². The van der Waals surface area contributed by atoms with Gasteiger partial charge in [-0.3, -0.25) is 9.69 Å². The number of carbonyl (C=O) groups is 2. The van der Waals surface area contributed by atoms with E-state index in [4.69, 9.17) is 5.73 Å². The monoisotopic (exact) mass is 512 g/mol. The Labute approximate surface area is 220 Å². The van der Waals surface area contributed by atoms with E-state index in [9.17, 15) is 19.8 Å². The topological polar surface area (TPSA) is 132 Å². The summed E-state index contributed by atoms with van der Waals surface area (Å²) in [5.74, 6) is -0.131. The molecule has 3 spiro atoms. The van der Waals surface area contributed by atoms with Crippen molar-refractivity contribution in [2.45, 2.75) is 82.7 Å². The number of aliphatic imine (C=N–C) groups is 1. The number of Topliss-reactive ketones (excluding diaryl/α,β-unsaturated/α-hetero) is 1. The second-order valence-electron chi connectivity index (χ2n) is 13.4. The zero-order valence-electron chi connectivity index (χ0n) is 22.5. The van der Waals surface area contributed by atoms with Gasteiger partial charge in [-0.25, -0.2) is 4.99 Å². The summed E-state index contributed by atoms with van der Waals surface area (Å²) in [6.07, 6.45) is 10.4. The second kappa shape index (κ2) is 8.62. The van der Waals surface area contributed by atoms with E-state index >= 15 is 0 Å². The number of likely N-dealkylation sites (tertiary alicyclic amines) is 1. The highest BCUT2D eigenvalue weighted by Gasteiger charge is 2.77. The van der Waals surface area contributed by atoms with Gasteiger partial charge < -0.3 is 26.1 Å². The van der Waals surface area contributed by atoms with Crippen molar-refractivity contribution in [1.82, 2.24) is 5.32 Å². The molecular formula is C29H44N4O4. The first kappa shape index (κ1) is 25.5. The van der Waals surface area contributed by atoms with Gasteiger partial charge >= 0.3 is 0 Å². The maximum absolute atomic E-state index is 14.1. The van der Waals surface area contributed by atoms with E-state index in [0.717, 1.165) is 83.0 Å². The SMILES string of the molecule is CN=C(N)[NH+]1CC[C@H](CNC)[C@@]2(C1)[C@@H]1CC[C@H]3CCC4(CCCC4)CC(=O)[C@]4(O)C[C@@]32C(=C4C(=O)[O-])C1. The zero-order chi connectivity index (χ0) is 26.2. The normalized spacial score (nSPS) is 44.8. The van der Waals surface area contributed by atoms with Crippen molar-refractivity contribution in [3.05, 3.63) is 11.1 Å². The summed E-state index contributed by atoms with van der Waals surface area (Å²) < 4.78 is 0. The Kier molecular flexibility index (Phi) is 5.94. The molecule has 1 unspecified atom stereocenters. The predicted octanol–water partition coefficient (Wildman–Crippen LogP) is -0.0475. The second-order valence-corrected chi connectivity index (χ2v) is 13.4. The molecule has 1 heterocycles. The van der Waals surface area contributed by atoms with Crippen molar-refractivity contribution in [2.24, 2.45) is 44.7 Å². The molecule has 37 heavy (non-hydrogen) atoms. The number of aliphatic hydroxyl groups is 1. The number of quaternary nitrogens is 1. The number of fused-ring (bicyclic) bond motifs is 1. The number of piperidine rings is 1. The lowest BCUT2D eigenvalue weighted by atomic mass is 9.44. The van der Waals surface area contributed by atoms with Gasteiger partial charge in [0.15, 0.2) is 11.4 Å². The van der Waals surface area contributed by atoms with E-state index in [0.29, 0.717) is 30.6 Å². The molecule has 0 aromatic rings. The van der Waals surface area contributed by atoms with E-state index in [-0.39, 0.29) is 34.5 Å². The predicted molar refractivity (Wildman–Crippen MR) is 137 cm³/mol. The van der Waals surface area contributed by atoms with Crippen LogP contribution in [0.15, 0.2) is 16.1 Å². The highest BCUT2D eigenvalue weighted by molar-refractivity contribution is 6.03. The van der Waals surface area contributed by atoms with Crippen LogP contribution in [0.2, 0.25) is 0 Å². The summed E-state index contributed by atoms with van der Waals surface area (Å²) in [6, 6.07) is 0. The van der Waals surface area contributed by atoms with Crippen LogP contribution in [0.25, 0.3) is 0 Å². The van der Waals surface area contributed by atoms with Crippen LogP contribution in [0.5, 0.6) is 0 Å². The Morgan fingerprint density at radius 3 is 2.59 bits per heavy atom. The number of carbonyl (C=O) groups excluding carboxylic acids is 2. The van der Waals surface area contributed by atoms with E-state index in [1.54, 1.807) is 7.05 Å². The number of hydrogen-bond donors (Lipinski definition) is 4. The Morgan fingerprint density at radius 1 is 1.19 bits per heavy atom. The molecule has 204 valence electrons. The molecule has 1 saturated heterocycles. The molecule has 5 N–H and O–H groups in total. The Bertz CT molecular complexity index is 1060. The number of hydrogen-bond acceptors (Lipinski definition) is 6. The maximum Gasteiger partial charge on any atom is 0.293 e. The third-order valence-corrected chi connectivity index (χ3v) is 12.3. The number of nitrogens with two attached hydrogens (primary N) is 1. The van der Waals surface area contributed by atoms with Crippen LogP contribution in [0.3, 0.4) is 0 Å². The Morgan fingerprint density at radius 2 is 1.92 bits per heavy atom. The Balaban J connectivity index is 1.58. The zero-order valence-corrected chi connectivity index (χ0v) is 22.5. The standard InChI is InChI=1S/C29H44N4O4/c1-31-15-20-8-12-33(25(30)32-2)17-28(20)19-6-5-18-7-11-26(9-3-4-10-26)14-22(34)29(37)16-27(18,28)21(13-19)23(29)24(35)36/h18-20,31,37H,3-17H2,1-2H3,(H2,30,32)(H,35,36)/t18-,19+,20+,27-,28+,29+/m0/s1. The van der Waals surface area contributed by atoms with Gasteiger partial charge in [-0.15, -0.1) is 0 Å². The molecule has 0 aromatic heterocycles. The van der Waals surface area contributed by atoms with Crippen LogP contribution >= 0.6 is 0 Å². The van der Waals surface area contributed by atoms with Gasteiger partial charge in [-0.2, -0.15) is 0 Å². The lowest BCUT2D eigenvalue weighted by Crippen LogP contribution is -3.19. The fourth-order valence-corrected chi connectivity index (χ4v) is 11.0. The fourth-order valence-electron chi connectivity index (χ4n) is 11.0. The average molecular weight is 513 g/mol. The number of carboxylic acid groups (broad SMARTS) is 1. The van der Waals surface area contributed by atoms with Crippen molar-refractivity contribution in [2.75, 3.05) is 33.7 Å². The molecule has 7 atom stereocenters. The number of aliphatic carboxylic acids is 1. The average Bonchev–Trinajstić information content (AvgIpc) is 3.47. The summed E-state index contributed by atoms with van der Waals surface area (Å²) in [5.41, 5.74) is 4.43. The van der Waals surface area contributed by atoms with Gasteiger partial charge in [0.05, 0.1) is 19.1 Å². The molecule has 5 fully saturated rings.